The van der Waals surface area contributed by atoms with Gasteiger partial charge in [0.1, 0.15) is 0 Å². The highest BCUT2D eigenvalue weighted by Gasteiger charge is 2.30. The molecule has 142 valence electrons. The molecule has 25 heavy (non-hydrogen) atoms. The molecule has 4 N–H and O–H groups in total. The van der Waals surface area contributed by atoms with Crippen LogP contribution in [-0.4, -0.2) is 26.3 Å². The lowest BCUT2D eigenvalue weighted by atomic mass is 9.93. The van der Waals surface area contributed by atoms with Crippen molar-refractivity contribution in [3.05, 3.63) is 46.3 Å². The maximum Gasteiger partial charge on any atom is 0.237 e. The van der Waals surface area contributed by atoms with Crippen LogP contribution >= 0.6 is 11.6 Å². The Balaban J connectivity index is 2.48. The molecule has 0 fully saturated rings. The number of quaternary nitrogens is 1. The number of H-pyrrole nitrogens is 1. The molecule has 0 spiro atoms. The molecule has 1 unspecified atom stereocenters. The van der Waals surface area contributed by atoms with Crippen LogP contribution in [-0.2, 0) is 6.42 Å². The van der Waals surface area contributed by atoms with Crippen LogP contribution in [0.2, 0.25) is 0 Å². The predicted octanol–water partition coefficient (Wildman–Crippen LogP) is 3.79. The summed E-state index contributed by atoms with van der Waals surface area (Å²) < 4.78 is 0. The molecular formula is C19H31ClN2O3. The van der Waals surface area contributed by atoms with Crippen LogP contribution in [0.5, 0.6) is 0 Å². The molecule has 3 atom stereocenters. The Kier molecular flexibility index (Phi) is 8.89. The molecule has 0 radical (unpaired) electrons. The summed E-state index contributed by atoms with van der Waals surface area (Å²) in [5, 5.41) is 29.2. The molecule has 0 aliphatic heterocycles. The Hall–Kier alpha value is -1.11. The molecule has 0 bridgehead atoms. The largest absolute Gasteiger partial charge is 0.594 e. The second-order valence-corrected chi connectivity index (χ2v) is 8.00. The van der Waals surface area contributed by atoms with Gasteiger partial charge in [0.2, 0.25) is 5.82 Å². The topological polar surface area (TPSA) is 83.8 Å². The van der Waals surface area contributed by atoms with Crippen LogP contribution in [0.15, 0.2) is 35.6 Å². The fraction of sp³-hybridized carbons (Fsp3) is 0.579. The van der Waals surface area contributed by atoms with E-state index in [1.165, 1.54) is 17.2 Å². The summed E-state index contributed by atoms with van der Waals surface area (Å²) in [6, 6.07) is 1.53. The van der Waals surface area contributed by atoms with Crippen molar-refractivity contribution in [2.75, 3.05) is 0 Å². The van der Waals surface area contributed by atoms with Gasteiger partial charge in [-0.3, -0.25) is 0 Å². The zero-order valence-corrected chi connectivity index (χ0v) is 16.4. The first-order valence-corrected chi connectivity index (χ1v) is 9.06. The van der Waals surface area contributed by atoms with Gasteiger partial charge in [-0.2, -0.15) is 5.23 Å². The van der Waals surface area contributed by atoms with E-state index in [2.05, 4.69) is 37.9 Å². The summed E-state index contributed by atoms with van der Waals surface area (Å²) in [5.74, 6) is 0.119. The second-order valence-electron chi connectivity index (χ2n) is 7.13. The van der Waals surface area contributed by atoms with Crippen molar-refractivity contribution in [2.24, 2.45) is 0 Å². The SMILES string of the molecule is CC(C)=CCC/C(C)=C/CC[C@@](C)(Cl)[C@H](O)Cc1c[nH]c([NH+]([O-])O)c1. The van der Waals surface area contributed by atoms with Gasteiger partial charge in [0, 0.05) is 18.7 Å². The molecule has 0 aliphatic rings. The minimum absolute atomic E-state index is 0.119. The van der Waals surface area contributed by atoms with Crippen molar-refractivity contribution >= 4 is 17.4 Å². The monoisotopic (exact) mass is 370 g/mol. The zero-order valence-electron chi connectivity index (χ0n) is 15.6. The van der Waals surface area contributed by atoms with Crippen LogP contribution in [0.3, 0.4) is 0 Å². The molecule has 5 nitrogen and oxygen atoms in total. The van der Waals surface area contributed by atoms with Gasteiger partial charge in [-0.05, 0) is 58.9 Å². The van der Waals surface area contributed by atoms with E-state index in [1.807, 2.05) is 6.92 Å². The summed E-state index contributed by atoms with van der Waals surface area (Å²) in [6.45, 7) is 8.15. The van der Waals surface area contributed by atoms with E-state index < -0.39 is 16.2 Å². The lowest BCUT2D eigenvalue weighted by Crippen LogP contribution is -2.99. The van der Waals surface area contributed by atoms with Gasteiger partial charge >= 0.3 is 0 Å². The van der Waals surface area contributed by atoms with E-state index in [9.17, 15) is 10.3 Å². The Labute approximate surface area is 155 Å². The fourth-order valence-electron chi connectivity index (χ4n) is 2.57. The van der Waals surface area contributed by atoms with E-state index in [0.29, 0.717) is 12.8 Å². The molecule has 1 rings (SSSR count). The zero-order chi connectivity index (χ0) is 19.0. The third kappa shape index (κ3) is 8.21. The number of rotatable bonds is 10. The maximum absolute atomic E-state index is 10.9. The molecule has 0 saturated heterocycles. The van der Waals surface area contributed by atoms with Crippen LogP contribution in [0.1, 0.15) is 58.9 Å². The van der Waals surface area contributed by atoms with Gasteiger partial charge in [0.25, 0.3) is 0 Å². The minimum Gasteiger partial charge on any atom is -0.594 e. The van der Waals surface area contributed by atoms with E-state index in [-0.39, 0.29) is 5.82 Å². The predicted molar refractivity (Wildman–Crippen MR) is 102 cm³/mol. The number of aliphatic hydroxyl groups excluding tert-OH is 1. The Morgan fingerprint density at radius 2 is 2.04 bits per heavy atom. The minimum atomic E-state index is -1.01. The summed E-state index contributed by atoms with van der Waals surface area (Å²) in [4.78, 5) is 1.93. The molecule has 6 heteroatoms. The van der Waals surface area contributed by atoms with Gasteiger partial charge in [-0.25, -0.2) is 5.21 Å². The van der Waals surface area contributed by atoms with Gasteiger partial charge in [-0.1, -0.05) is 23.3 Å². The first-order chi connectivity index (χ1) is 11.6. The molecule has 1 heterocycles. The number of alkyl halides is 1. The first-order valence-electron chi connectivity index (χ1n) is 8.68. The molecule has 0 amide bonds. The summed E-state index contributed by atoms with van der Waals surface area (Å²) in [5.41, 5.74) is 3.40. The number of aromatic amines is 1. The van der Waals surface area contributed by atoms with Crippen LogP contribution in [0.25, 0.3) is 0 Å². The average molecular weight is 371 g/mol. The van der Waals surface area contributed by atoms with E-state index >= 15 is 0 Å². The summed E-state index contributed by atoms with van der Waals surface area (Å²) >= 11 is 6.52. The number of hydrogen-bond acceptors (Lipinski definition) is 3. The highest BCUT2D eigenvalue weighted by atomic mass is 35.5. The van der Waals surface area contributed by atoms with Crippen LogP contribution in [0, 0.1) is 5.21 Å². The molecular weight excluding hydrogens is 340 g/mol. The molecule has 0 aliphatic carbocycles. The average Bonchev–Trinajstić information content (AvgIpc) is 2.95. The highest BCUT2D eigenvalue weighted by Crippen LogP contribution is 2.28. The number of hydrogen-bond donors (Lipinski definition) is 4. The Morgan fingerprint density at radius 3 is 2.60 bits per heavy atom. The molecule has 0 saturated carbocycles. The van der Waals surface area contributed by atoms with Gasteiger partial charge in [0.05, 0.1) is 11.0 Å². The van der Waals surface area contributed by atoms with Crippen molar-refractivity contribution in [1.29, 1.82) is 0 Å². The van der Waals surface area contributed by atoms with Crippen molar-refractivity contribution < 1.29 is 15.5 Å². The van der Waals surface area contributed by atoms with Gasteiger partial charge in [-0.15, -0.1) is 11.6 Å². The third-order valence-corrected chi connectivity index (χ3v) is 4.76. The maximum atomic E-state index is 10.9. The Bertz CT molecular complexity index is 587. The number of aliphatic hydroxyl groups is 1. The van der Waals surface area contributed by atoms with Gasteiger partial charge in [0.15, 0.2) is 0 Å². The normalized spacial score (nSPS) is 17.0. The van der Waals surface area contributed by atoms with Crippen LogP contribution in [0.4, 0.5) is 5.82 Å². The van der Waals surface area contributed by atoms with E-state index in [1.54, 1.807) is 6.20 Å². The summed E-state index contributed by atoms with van der Waals surface area (Å²) in [6.07, 6.45) is 9.15. The standard InChI is InChI=1S/C19H31ClN2O3/c1-14(2)7-5-8-15(3)9-6-10-19(4,20)17(23)11-16-12-18(21-13-16)22(24)25/h7,9,12-13,17,21-24H,5-6,8,10-11H2,1-4H3/b15-9+/t17-,19-/m1/s1. The number of halogens is 1. The first kappa shape index (κ1) is 21.9. The highest BCUT2D eigenvalue weighted by molar-refractivity contribution is 6.24. The number of nitrogens with one attached hydrogen (secondary N) is 2. The van der Waals surface area contributed by atoms with E-state index in [0.717, 1.165) is 24.8 Å². The smallest absolute Gasteiger partial charge is 0.237 e. The summed E-state index contributed by atoms with van der Waals surface area (Å²) in [7, 11) is 0. The lowest BCUT2D eigenvalue weighted by Gasteiger charge is -2.27. The van der Waals surface area contributed by atoms with Crippen molar-refractivity contribution in [3.8, 4) is 0 Å². The second kappa shape index (κ2) is 10.1. The fourth-order valence-corrected chi connectivity index (χ4v) is 2.76. The molecule has 0 aromatic carbocycles. The van der Waals surface area contributed by atoms with Crippen LogP contribution < -0.4 is 5.23 Å². The molecule has 1 aromatic heterocycles. The quantitative estimate of drug-likeness (QED) is 0.287. The molecule has 1 aromatic rings. The van der Waals surface area contributed by atoms with Gasteiger partial charge < -0.3 is 15.3 Å². The van der Waals surface area contributed by atoms with E-state index in [4.69, 9.17) is 16.8 Å². The lowest BCUT2D eigenvalue weighted by molar-refractivity contribution is -0.993. The number of aromatic nitrogens is 1. The van der Waals surface area contributed by atoms with Crippen molar-refractivity contribution in [2.45, 2.75) is 70.8 Å². The Morgan fingerprint density at radius 1 is 1.36 bits per heavy atom. The van der Waals surface area contributed by atoms with Crippen molar-refractivity contribution in [1.82, 2.24) is 4.98 Å². The van der Waals surface area contributed by atoms with Crippen molar-refractivity contribution in [3.63, 3.8) is 0 Å². The third-order valence-electron chi connectivity index (χ3n) is 4.31. The number of allylic oxidation sites excluding steroid dienone is 4.